The molecule has 4 aromatic rings. The first-order valence-corrected chi connectivity index (χ1v) is 8.01. The number of methoxy groups -OCH3 is 1. The van der Waals surface area contributed by atoms with Gasteiger partial charge in [-0.2, -0.15) is 0 Å². The molecule has 3 aromatic heterocycles. The molecule has 0 aliphatic carbocycles. The Morgan fingerprint density at radius 2 is 2.08 bits per heavy atom. The van der Waals surface area contributed by atoms with Crippen LogP contribution in [0.5, 0.6) is 5.75 Å². The summed E-state index contributed by atoms with van der Waals surface area (Å²) in [5.74, 6) is 1.65. The summed E-state index contributed by atoms with van der Waals surface area (Å²) in [5.41, 5.74) is 3.94. The normalized spacial score (nSPS) is 11.6. The maximum Gasteiger partial charge on any atom is 0.157 e. The van der Waals surface area contributed by atoms with Gasteiger partial charge in [0, 0.05) is 16.5 Å². The van der Waals surface area contributed by atoms with Gasteiger partial charge in [-0.1, -0.05) is 16.8 Å². The smallest absolute Gasteiger partial charge is 0.157 e. The van der Waals surface area contributed by atoms with Crippen molar-refractivity contribution >= 4 is 33.5 Å². The number of nitrogens with zero attached hydrogens (tertiary/aromatic N) is 3. The van der Waals surface area contributed by atoms with E-state index in [-0.39, 0.29) is 17.6 Å². The summed E-state index contributed by atoms with van der Waals surface area (Å²) in [7, 11) is 1.61. The van der Waals surface area contributed by atoms with Gasteiger partial charge in [-0.3, -0.25) is 0 Å². The SMILES string of the molecule is COc1cc2c(cc1-c1c(C)noc1C)[nH]c1nc(CO)nc(Cl)c12. The number of fused-ring (bicyclic) bond motifs is 3. The third-order valence-electron chi connectivity index (χ3n) is 4.22. The molecule has 1 aromatic carbocycles. The van der Waals surface area contributed by atoms with Crippen LogP contribution in [0.1, 0.15) is 17.3 Å². The van der Waals surface area contributed by atoms with Crippen molar-refractivity contribution < 1.29 is 14.4 Å². The van der Waals surface area contributed by atoms with E-state index in [0.717, 1.165) is 27.7 Å². The Morgan fingerprint density at radius 1 is 1.28 bits per heavy atom. The van der Waals surface area contributed by atoms with Crippen molar-refractivity contribution in [3.05, 3.63) is 34.6 Å². The van der Waals surface area contributed by atoms with Gasteiger partial charge in [0.05, 0.1) is 23.8 Å². The Morgan fingerprint density at radius 3 is 2.72 bits per heavy atom. The van der Waals surface area contributed by atoms with Crippen molar-refractivity contribution in [3.63, 3.8) is 0 Å². The number of nitrogens with one attached hydrogen (secondary N) is 1. The van der Waals surface area contributed by atoms with Gasteiger partial charge in [-0.05, 0) is 26.0 Å². The second-order valence-corrected chi connectivity index (χ2v) is 6.09. The largest absolute Gasteiger partial charge is 0.496 e. The van der Waals surface area contributed by atoms with Crippen LogP contribution in [0.3, 0.4) is 0 Å². The molecule has 0 fully saturated rings. The van der Waals surface area contributed by atoms with E-state index in [9.17, 15) is 5.11 Å². The molecule has 0 saturated carbocycles. The van der Waals surface area contributed by atoms with E-state index in [1.165, 1.54) is 0 Å². The molecule has 0 saturated heterocycles. The fourth-order valence-electron chi connectivity index (χ4n) is 3.13. The summed E-state index contributed by atoms with van der Waals surface area (Å²) < 4.78 is 10.9. The quantitative estimate of drug-likeness (QED) is 0.544. The van der Waals surface area contributed by atoms with E-state index in [0.29, 0.717) is 22.5 Å². The molecule has 0 bridgehead atoms. The average molecular weight is 359 g/mol. The number of aromatic amines is 1. The van der Waals surface area contributed by atoms with E-state index in [2.05, 4.69) is 20.1 Å². The van der Waals surface area contributed by atoms with Crippen LogP contribution >= 0.6 is 11.6 Å². The zero-order chi connectivity index (χ0) is 17.7. The Bertz CT molecular complexity index is 1100. The molecule has 0 aliphatic heterocycles. The number of aromatic nitrogens is 4. The molecule has 7 nitrogen and oxygen atoms in total. The second-order valence-electron chi connectivity index (χ2n) is 5.73. The van der Waals surface area contributed by atoms with Crippen LogP contribution < -0.4 is 4.74 Å². The van der Waals surface area contributed by atoms with Crippen molar-refractivity contribution in [1.29, 1.82) is 0 Å². The number of aliphatic hydroxyl groups excluding tert-OH is 1. The van der Waals surface area contributed by atoms with Gasteiger partial charge >= 0.3 is 0 Å². The maximum absolute atomic E-state index is 9.27. The number of rotatable bonds is 3. The fraction of sp³-hybridized carbons (Fsp3) is 0.235. The highest BCUT2D eigenvalue weighted by Gasteiger charge is 2.20. The van der Waals surface area contributed by atoms with Crippen molar-refractivity contribution in [2.75, 3.05) is 7.11 Å². The summed E-state index contributed by atoms with van der Waals surface area (Å²) in [6.07, 6.45) is 0. The van der Waals surface area contributed by atoms with Gasteiger partial charge in [-0.25, -0.2) is 9.97 Å². The highest BCUT2D eigenvalue weighted by atomic mass is 35.5. The molecule has 0 unspecified atom stereocenters. The number of hydrogen-bond donors (Lipinski definition) is 2. The first-order valence-electron chi connectivity index (χ1n) is 7.63. The topological polar surface area (TPSA) is 97.1 Å². The lowest BCUT2D eigenvalue weighted by Gasteiger charge is -2.09. The van der Waals surface area contributed by atoms with Gasteiger partial charge in [0.2, 0.25) is 0 Å². The molecule has 0 spiro atoms. The lowest BCUT2D eigenvalue weighted by Crippen LogP contribution is -1.95. The molecule has 8 heteroatoms. The van der Waals surface area contributed by atoms with E-state index >= 15 is 0 Å². The Balaban J connectivity index is 2.07. The Labute approximate surface area is 147 Å². The number of halogens is 1. The number of benzene rings is 1. The van der Waals surface area contributed by atoms with E-state index in [4.69, 9.17) is 20.9 Å². The van der Waals surface area contributed by atoms with E-state index in [1.54, 1.807) is 7.11 Å². The number of H-pyrrole nitrogens is 1. The highest BCUT2D eigenvalue weighted by Crippen LogP contribution is 2.40. The van der Waals surface area contributed by atoms with Crippen LogP contribution in [-0.4, -0.2) is 32.3 Å². The van der Waals surface area contributed by atoms with Crippen LogP contribution in [0.15, 0.2) is 16.7 Å². The lowest BCUT2D eigenvalue weighted by atomic mass is 10.0. The Kier molecular flexibility index (Phi) is 3.63. The number of hydrogen-bond acceptors (Lipinski definition) is 6. The first-order chi connectivity index (χ1) is 12.0. The summed E-state index contributed by atoms with van der Waals surface area (Å²) in [5, 5.41) is 15.1. The Hall–Kier alpha value is -2.64. The van der Waals surface area contributed by atoms with Crippen molar-refractivity contribution in [2.24, 2.45) is 0 Å². The van der Waals surface area contributed by atoms with Crippen LogP contribution in [0, 0.1) is 13.8 Å². The standard InChI is InChI=1S/C17H15ClN4O3/c1-7-14(8(2)25-22-7)10-4-11-9(5-12(10)24-3)15-16(18)20-13(6-23)21-17(15)19-11/h4-5,23H,6H2,1-3H3,(H,19,20,21). The minimum atomic E-state index is -0.279. The summed E-state index contributed by atoms with van der Waals surface area (Å²) >= 11 is 6.30. The molecule has 25 heavy (non-hydrogen) atoms. The maximum atomic E-state index is 9.27. The van der Waals surface area contributed by atoms with E-state index < -0.39 is 0 Å². The molecule has 2 N–H and O–H groups in total. The fourth-order valence-corrected chi connectivity index (χ4v) is 3.41. The molecule has 128 valence electrons. The zero-order valence-electron chi connectivity index (χ0n) is 13.8. The monoisotopic (exact) mass is 358 g/mol. The lowest BCUT2D eigenvalue weighted by molar-refractivity contribution is 0.272. The number of aryl methyl sites for hydroxylation is 2. The molecule has 0 amide bonds. The molecule has 4 rings (SSSR count). The van der Waals surface area contributed by atoms with Gasteiger partial charge < -0.3 is 19.4 Å². The summed E-state index contributed by atoms with van der Waals surface area (Å²) in [6.45, 7) is 3.47. The number of aliphatic hydroxyl groups is 1. The van der Waals surface area contributed by atoms with Gasteiger partial charge in [-0.15, -0.1) is 0 Å². The predicted octanol–water partition coefficient (Wildman–Crippen LogP) is 3.54. The molecular weight excluding hydrogens is 344 g/mol. The van der Waals surface area contributed by atoms with Gasteiger partial charge in [0.15, 0.2) is 5.82 Å². The van der Waals surface area contributed by atoms with Crippen molar-refractivity contribution in [2.45, 2.75) is 20.5 Å². The van der Waals surface area contributed by atoms with Crippen molar-refractivity contribution in [3.8, 4) is 16.9 Å². The van der Waals surface area contributed by atoms with Crippen LogP contribution in [0.2, 0.25) is 5.15 Å². The minimum absolute atomic E-state index is 0.266. The van der Waals surface area contributed by atoms with Gasteiger partial charge in [0.25, 0.3) is 0 Å². The summed E-state index contributed by atoms with van der Waals surface area (Å²) in [4.78, 5) is 11.7. The molecule has 0 atom stereocenters. The van der Waals surface area contributed by atoms with Crippen LogP contribution in [-0.2, 0) is 6.61 Å². The highest BCUT2D eigenvalue weighted by molar-refractivity contribution is 6.36. The predicted molar refractivity (Wildman–Crippen MR) is 93.9 cm³/mol. The minimum Gasteiger partial charge on any atom is -0.496 e. The van der Waals surface area contributed by atoms with Crippen LogP contribution in [0.25, 0.3) is 33.1 Å². The third kappa shape index (κ3) is 2.35. The van der Waals surface area contributed by atoms with E-state index in [1.807, 2.05) is 26.0 Å². The van der Waals surface area contributed by atoms with Crippen molar-refractivity contribution in [1.82, 2.24) is 20.1 Å². The molecule has 0 radical (unpaired) electrons. The number of ether oxygens (including phenoxy) is 1. The molecular formula is C17H15ClN4O3. The first kappa shape index (κ1) is 15.9. The third-order valence-corrected chi connectivity index (χ3v) is 4.49. The van der Waals surface area contributed by atoms with Gasteiger partial charge in [0.1, 0.15) is 28.9 Å². The molecule has 0 aliphatic rings. The second kappa shape index (κ2) is 5.72. The molecule has 3 heterocycles. The zero-order valence-corrected chi connectivity index (χ0v) is 14.6. The average Bonchev–Trinajstić information content (AvgIpc) is 3.12. The van der Waals surface area contributed by atoms with Crippen LogP contribution in [0.4, 0.5) is 0 Å². The summed E-state index contributed by atoms with van der Waals surface area (Å²) in [6, 6.07) is 3.85.